The van der Waals surface area contributed by atoms with E-state index in [-0.39, 0.29) is 23.4 Å². The van der Waals surface area contributed by atoms with Crippen molar-refractivity contribution in [2.45, 2.75) is 44.1 Å². The maximum Gasteiger partial charge on any atom is 0.348 e. The van der Waals surface area contributed by atoms with E-state index in [4.69, 9.17) is 26.4 Å². The van der Waals surface area contributed by atoms with Crippen molar-refractivity contribution in [1.29, 1.82) is 5.41 Å². The number of nitrogen functional groups attached to an aromatic ring is 1. The van der Waals surface area contributed by atoms with Crippen LogP contribution in [-0.4, -0.2) is 39.7 Å². The molecule has 0 spiro atoms. The van der Waals surface area contributed by atoms with Gasteiger partial charge in [-0.05, 0) is 67.5 Å². The number of H-pyrrole nitrogens is 1. The minimum atomic E-state index is -0.656. The van der Waals surface area contributed by atoms with Gasteiger partial charge in [-0.2, -0.15) is 4.68 Å². The lowest BCUT2D eigenvalue weighted by molar-refractivity contribution is 0.1000. The molecule has 0 bridgehead atoms. The molecule has 10 nitrogen and oxygen atoms in total. The average molecular weight is 541 g/mol. The number of nitrogens with zero attached hydrogens (tertiary/aromatic N) is 2. The monoisotopic (exact) mass is 540 g/mol. The van der Waals surface area contributed by atoms with Crippen LogP contribution in [0.5, 0.6) is 11.5 Å². The number of hydrogen-bond donors (Lipinski definition) is 4. The Kier molecular flexibility index (Phi) is 7.68. The van der Waals surface area contributed by atoms with Gasteiger partial charge in [0.1, 0.15) is 11.7 Å². The van der Waals surface area contributed by atoms with E-state index in [2.05, 4.69) is 10.1 Å². The molecule has 1 amide bonds. The molecule has 0 aliphatic heterocycles. The molecule has 10 heteroatoms. The van der Waals surface area contributed by atoms with Crippen LogP contribution in [0.25, 0.3) is 5.69 Å². The summed E-state index contributed by atoms with van der Waals surface area (Å²) >= 11 is 0. The predicted octanol–water partition coefficient (Wildman–Crippen LogP) is 3.65. The number of para-hydroxylation sites is 1. The van der Waals surface area contributed by atoms with Crippen LogP contribution in [0.4, 0.5) is 0 Å². The van der Waals surface area contributed by atoms with E-state index in [1.165, 1.54) is 0 Å². The largest absolute Gasteiger partial charge is 0.493 e. The number of methoxy groups -OCH3 is 1. The van der Waals surface area contributed by atoms with E-state index < -0.39 is 11.6 Å². The number of nitrogens with one attached hydrogen (secondary N) is 2. The zero-order valence-corrected chi connectivity index (χ0v) is 22.2. The number of carbonyl (C=O) groups excluding carboxylic acids is 1. The quantitative estimate of drug-likeness (QED) is 0.177. The molecule has 6 N–H and O–H groups in total. The first kappa shape index (κ1) is 26.7. The molecule has 0 radical (unpaired) electrons. The van der Waals surface area contributed by atoms with Crippen molar-refractivity contribution in [3.8, 4) is 17.2 Å². The Morgan fingerprint density at radius 3 is 2.48 bits per heavy atom. The summed E-state index contributed by atoms with van der Waals surface area (Å²) in [5.74, 6) is 0.636. The van der Waals surface area contributed by atoms with Crippen molar-refractivity contribution in [1.82, 2.24) is 14.8 Å². The fourth-order valence-electron chi connectivity index (χ4n) is 5.14. The van der Waals surface area contributed by atoms with E-state index in [1.54, 1.807) is 43.5 Å². The minimum absolute atomic E-state index is 0.0122. The Morgan fingerprint density at radius 1 is 1.07 bits per heavy atom. The lowest BCUT2D eigenvalue weighted by Gasteiger charge is -2.20. The van der Waals surface area contributed by atoms with Gasteiger partial charge >= 0.3 is 5.69 Å². The predicted molar refractivity (Wildman–Crippen MR) is 152 cm³/mol. The first-order chi connectivity index (χ1) is 19.3. The number of nitrogens with two attached hydrogens (primary N) is 2. The second-order valence-corrected chi connectivity index (χ2v) is 9.91. The van der Waals surface area contributed by atoms with Gasteiger partial charge in [0.05, 0.1) is 24.5 Å². The molecule has 40 heavy (non-hydrogen) atoms. The third-order valence-corrected chi connectivity index (χ3v) is 7.25. The number of benzene rings is 3. The highest BCUT2D eigenvalue weighted by Crippen LogP contribution is 2.36. The molecule has 0 saturated heterocycles. The second kappa shape index (κ2) is 11.5. The van der Waals surface area contributed by atoms with Crippen LogP contribution in [0, 0.1) is 5.41 Å². The lowest BCUT2D eigenvalue weighted by Crippen LogP contribution is -2.21. The van der Waals surface area contributed by atoms with Gasteiger partial charge in [-0.1, -0.05) is 42.5 Å². The molecule has 1 aromatic heterocycles. The van der Waals surface area contributed by atoms with Crippen molar-refractivity contribution in [3.63, 3.8) is 0 Å². The molecule has 1 atom stereocenters. The van der Waals surface area contributed by atoms with Crippen LogP contribution in [0.3, 0.4) is 0 Å². The van der Waals surface area contributed by atoms with Crippen LogP contribution in [0.15, 0.2) is 71.5 Å². The first-order valence-electron chi connectivity index (χ1n) is 13.2. The maximum atomic E-state index is 13.1. The molecule has 1 aliphatic rings. The van der Waals surface area contributed by atoms with Gasteiger partial charge < -0.3 is 20.9 Å². The van der Waals surface area contributed by atoms with Crippen LogP contribution in [0.2, 0.25) is 0 Å². The smallest absolute Gasteiger partial charge is 0.348 e. The van der Waals surface area contributed by atoms with Crippen molar-refractivity contribution in [3.05, 3.63) is 105 Å². The normalized spacial score (nSPS) is 14.1. The third kappa shape index (κ3) is 5.61. The Labute approximate surface area is 231 Å². The molecule has 4 aromatic rings. The van der Waals surface area contributed by atoms with Gasteiger partial charge in [-0.25, -0.2) is 4.79 Å². The summed E-state index contributed by atoms with van der Waals surface area (Å²) in [4.78, 5) is 28.0. The van der Waals surface area contributed by atoms with Crippen molar-refractivity contribution >= 4 is 11.7 Å². The summed E-state index contributed by atoms with van der Waals surface area (Å²) in [6.45, 7) is 0. The maximum absolute atomic E-state index is 13.1. The summed E-state index contributed by atoms with van der Waals surface area (Å²) in [5.41, 5.74) is 13.6. The Bertz CT molecular complexity index is 1580. The zero-order valence-electron chi connectivity index (χ0n) is 22.2. The van der Waals surface area contributed by atoms with Crippen LogP contribution >= 0.6 is 0 Å². The van der Waals surface area contributed by atoms with E-state index in [0.717, 1.165) is 41.5 Å². The molecule has 1 saturated carbocycles. The van der Waals surface area contributed by atoms with Crippen LogP contribution in [-0.2, 0) is 6.42 Å². The first-order valence-corrected chi connectivity index (χ1v) is 13.2. The fourth-order valence-corrected chi connectivity index (χ4v) is 5.14. The number of hydrogen-bond acceptors (Lipinski definition) is 6. The van der Waals surface area contributed by atoms with E-state index in [1.807, 2.05) is 30.3 Å². The molecule has 3 aromatic carbocycles. The summed E-state index contributed by atoms with van der Waals surface area (Å²) in [5, 5.41) is 12.3. The van der Waals surface area contributed by atoms with E-state index in [9.17, 15) is 9.59 Å². The Balaban J connectivity index is 1.56. The molecular weight excluding hydrogens is 508 g/mol. The molecule has 1 unspecified atom stereocenters. The highest BCUT2D eigenvalue weighted by atomic mass is 16.5. The topological polar surface area (TPSA) is 162 Å². The van der Waals surface area contributed by atoms with Crippen LogP contribution in [0.1, 0.15) is 64.5 Å². The molecule has 1 heterocycles. The zero-order chi connectivity index (χ0) is 28.2. The summed E-state index contributed by atoms with van der Waals surface area (Å²) in [6.07, 6.45) is 5.02. The number of primary amides is 1. The minimum Gasteiger partial charge on any atom is -0.493 e. The molecule has 1 fully saturated rings. The van der Waals surface area contributed by atoms with Gasteiger partial charge in [0.2, 0.25) is 0 Å². The summed E-state index contributed by atoms with van der Waals surface area (Å²) in [6, 6.07) is 19.7. The van der Waals surface area contributed by atoms with Gasteiger partial charge in [-0.15, -0.1) is 5.10 Å². The van der Waals surface area contributed by atoms with Gasteiger partial charge in [0.25, 0.3) is 5.91 Å². The number of aromatic nitrogens is 3. The van der Waals surface area contributed by atoms with E-state index >= 15 is 0 Å². The highest BCUT2D eigenvalue weighted by Gasteiger charge is 2.25. The Morgan fingerprint density at radius 2 is 1.80 bits per heavy atom. The number of amidine groups is 1. The molecular formula is C30H32N6O4. The third-order valence-electron chi connectivity index (χ3n) is 7.25. The van der Waals surface area contributed by atoms with E-state index in [0.29, 0.717) is 35.0 Å². The van der Waals surface area contributed by atoms with Gasteiger partial charge in [-0.3, -0.25) is 15.2 Å². The summed E-state index contributed by atoms with van der Waals surface area (Å²) in [7, 11) is 1.60. The fraction of sp³-hybridized carbons (Fsp3) is 0.267. The number of carbonyl (C=O) groups is 1. The number of amides is 1. The molecule has 5 rings (SSSR count). The SMILES string of the molecule is COc1cc(C(Cc2ccc(C(=N)N)cc2)c2nn(-c3ccccc3C(N)=O)c(=O)[nH]2)ccc1OC1CCCC1. The van der Waals surface area contributed by atoms with Crippen molar-refractivity contribution in [2.24, 2.45) is 11.5 Å². The van der Waals surface area contributed by atoms with Crippen molar-refractivity contribution in [2.75, 3.05) is 7.11 Å². The summed E-state index contributed by atoms with van der Waals surface area (Å²) < 4.78 is 13.1. The highest BCUT2D eigenvalue weighted by molar-refractivity contribution is 5.96. The molecule has 206 valence electrons. The Hall–Kier alpha value is -4.86. The van der Waals surface area contributed by atoms with Gasteiger partial charge in [0, 0.05) is 11.5 Å². The number of ether oxygens (including phenoxy) is 2. The average Bonchev–Trinajstić information content (AvgIpc) is 3.61. The second-order valence-electron chi connectivity index (χ2n) is 9.91. The molecule has 1 aliphatic carbocycles. The van der Waals surface area contributed by atoms with Crippen LogP contribution < -0.4 is 26.6 Å². The lowest BCUT2D eigenvalue weighted by atomic mass is 9.90. The standard InChI is InChI=1S/C30H32N6O4/c1-39-26-17-20(14-15-25(26)40-21-6-2-3-7-21)23(16-18-10-12-19(13-11-18)27(31)32)29-34-30(38)36(35-29)24-9-5-4-8-22(24)28(33)37/h4-5,8-15,17,21,23H,2-3,6-7,16H2,1H3,(H3,31,32)(H2,33,37)(H,34,35,38). The number of rotatable bonds is 10. The van der Waals surface area contributed by atoms with Crippen molar-refractivity contribution < 1.29 is 14.3 Å². The number of aromatic amines is 1. The van der Waals surface area contributed by atoms with Gasteiger partial charge in [0.15, 0.2) is 11.5 Å².